The highest BCUT2D eigenvalue weighted by Crippen LogP contribution is 2.29. The molecular weight excluding hydrogens is 348 g/mol. The first-order valence-corrected chi connectivity index (χ1v) is 8.47. The van der Waals surface area contributed by atoms with E-state index >= 15 is 0 Å². The second kappa shape index (κ2) is 10.9. The van der Waals surface area contributed by atoms with Gasteiger partial charge in [0, 0.05) is 44.2 Å². The lowest BCUT2D eigenvalue weighted by atomic mass is 10.2. The van der Waals surface area contributed by atoms with Crippen molar-refractivity contribution in [2.75, 3.05) is 46.9 Å². The molecule has 8 heteroatoms. The van der Waals surface area contributed by atoms with Crippen molar-refractivity contribution in [1.82, 2.24) is 10.3 Å². The van der Waals surface area contributed by atoms with E-state index in [9.17, 15) is 0 Å². The third-order valence-electron chi connectivity index (χ3n) is 3.69. The quantitative estimate of drug-likeness (QED) is 0.396. The Morgan fingerprint density at radius 3 is 2.59 bits per heavy atom. The SMILES string of the molecule is CN=C(NCc1cccnc1OCCOC)Nc1ccc(OC)c(OC)c1. The number of methoxy groups -OCH3 is 3. The Morgan fingerprint density at radius 1 is 1.07 bits per heavy atom. The first kappa shape index (κ1) is 20.3. The third kappa shape index (κ3) is 6.03. The number of nitrogens with one attached hydrogen (secondary N) is 2. The number of benzene rings is 1. The lowest BCUT2D eigenvalue weighted by molar-refractivity contribution is 0.143. The van der Waals surface area contributed by atoms with Crippen LogP contribution in [0.5, 0.6) is 17.4 Å². The van der Waals surface area contributed by atoms with Gasteiger partial charge in [-0.3, -0.25) is 4.99 Å². The molecule has 2 N–H and O–H groups in total. The Kier molecular flexibility index (Phi) is 8.18. The zero-order valence-corrected chi connectivity index (χ0v) is 16.1. The minimum Gasteiger partial charge on any atom is -0.493 e. The fraction of sp³-hybridized carbons (Fsp3) is 0.368. The monoisotopic (exact) mass is 374 g/mol. The molecule has 1 aromatic heterocycles. The first-order valence-electron chi connectivity index (χ1n) is 8.47. The summed E-state index contributed by atoms with van der Waals surface area (Å²) in [4.78, 5) is 8.51. The first-order chi connectivity index (χ1) is 13.2. The van der Waals surface area contributed by atoms with Crippen molar-refractivity contribution in [3.05, 3.63) is 42.1 Å². The minimum absolute atomic E-state index is 0.444. The Morgan fingerprint density at radius 2 is 1.89 bits per heavy atom. The molecule has 0 spiro atoms. The van der Waals surface area contributed by atoms with E-state index in [2.05, 4.69) is 20.6 Å². The van der Waals surface area contributed by atoms with Crippen LogP contribution in [-0.2, 0) is 11.3 Å². The van der Waals surface area contributed by atoms with Crippen molar-refractivity contribution in [3.8, 4) is 17.4 Å². The van der Waals surface area contributed by atoms with Crippen LogP contribution in [0.25, 0.3) is 0 Å². The van der Waals surface area contributed by atoms with Gasteiger partial charge in [0.15, 0.2) is 17.5 Å². The molecule has 1 aromatic carbocycles. The molecule has 0 aliphatic rings. The lowest BCUT2D eigenvalue weighted by Gasteiger charge is -2.15. The van der Waals surface area contributed by atoms with Gasteiger partial charge in [0.05, 0.1) is 20.8 Å². The Labute approximate surface area is 159 Å². The summed E-state index contributed by atoms with van der Waals surface area (Å²) in [6.45, 7) is 1.45. The number of guanidine groups is 1. The molecule has 0 amide bonds. The average Bonchev–Trinajstić information content (AvgIpc) is 2.71. The molecule has 27 heavy (non-hydrogen) atoms. The smallest absolute Gasteiger partial charge is 0.218 e. The second-order valence-electron chi connectivity index (χ2n) is 5.43. The maximum Gasteiger partial charge on any atom is 0.218 e. The molecule has 0 fully saturated rings. The van der Waals surface area contributed by atoms with Gasteiger partial charge in [-0.1, -0.05) is 6.07 Å². The maximum atomic E-state index is 5.65. The second-order valence-corrected chi connectivity index (χ2v) is 5.43. The zero-order chi connectivity index (χ0) is 19.5. The Balaban J connectivity index is 2.00. The molecule has 2 rings (SSSR count). The molecule has 0 radical (unpaired) electrons. The summed E-state index contributed by atoms with van der Waals surface area (Å²) in [5.74, 6) is 2.48. The van der Waals surface area contributed by atoms with Crippen molar-refractivity contribution in [2.45, 2.75) is 6.54 Å². The van der Waals surface area contributed by atoms with Crippen LogP contribution in [0.2, 0.25) is 0 Å². The lowest BCUT2D eigenvalue weighted by Crippen LogP contribution is -2.30. The summed E-state index contributed by atoms with van der Waals surface area (Å²) >= 11 is 0. The van der Waals surface area contributed by atoms with E-state index in [1.54, 1.807) is 34.6 Å². The van der Waals surface area contributed by atoms with Crippen molar-refractivity contribution in [3.63, 3.8) is 0 Å². The van der Waals surface area contributed by atoms with Gasteiger partial charge in [0.1, 0.15) is 6.61 Å². The van der Waals surface area contributed by atoms with Crippen LogP contribution >= 0.6 is 0 Å². The third-order valence-corrected chi connectivity index (χ3v) is 3.69. The highest BCUT2D eigenvalue weighted by atomic mass is 16.5. The number of ether oxygens (including phenoxy) is 4. The zero-order valence-electron chi connectivity index (χ0n) is 16.1. The number of hydrogen-bond donors (Lipinski definition) is 2. The van der Waals surface area contributed by atoms with Crippen molar-refractivity contribution < 1.29 is 18.9 Å². The number of pyridine rings is 1. The largest absolute Gasteiger partial charge is 0.493 e. The molecular formula is C19H26N4O4. The van der Waals surface area contributed by atoms with Gasteiger partial charge in [-0.2, -0.15) is 0 Å². The number of anilines is 1. The van der Waals surface area contributed by atoms with Crippen LogP contribution < -0.4 is 24.8 Å². The standard InChI is InChI=1S/C19H26N4O4/c1-20-19(23-15-7-8-16(25-3)17(12-15)26-4)22-13-14-6-5-9-21-18(14)27-11-10-24-2/h5-9,12H,10-11,13H2,1-4H3,(H2,20,22,23). The molecule has 1 heterocycles. The van der Waals surface area contributed by atoms with Gasteiger partial charge in [-0.25, -0.2) is 4.98 Å². The van der Waals surface area contributed by atoms with Crippen LogP contribution in [-0.4, -0.2) is 52.5 Å². The minimum atomic E-state index is 0.444. The van der Waals surface area contributed by atoms with Gasteiger partial charge in [0.25, 0.3) is 0 Å². The molecule has 8 nitrogen and oxygen atoms in total. The van der Waals surface area contributed by atoms with Gasteiger partial charge >= 0.3 is 0 Å². The van der Waals surface area contributed by atoms with E-state index in [1.165, 1.54) is 0 Å². The highest BCUT2D eigenvalue weighted by molar-refractivity contribution is 5.93. The number of aromatic nitrogens is 1. The molecule has 0 unspecified atom stereocenters. The molecule has 2 aromatic rings. The van der Waals surface area contributed by atoms with E-state index in [0.29, 0.717) is 43.1 Å². The molecule has 0 saturated heterocycles. The summed E-state index contributed by atoms with van der Waals surface area (Å²) in [5.41, 5.74) is 1.74. The van der Waals surface area contributed by atoms with Crippen LogP contribution in [0.15, 0.2) is 41.5 Å². The van der Waals surface area contributed by atoms with E-state index in [0.717, 1.165) is 11.3 Å². The van der Waals surface area contributed by atoms with E-state index in [4.69, 9.17) is 18.9 Å². The summed E-state index contributed by atoms with van der Waals surface area (Å²) in [6.07, 6.45) is 1.70. The molecule has 0 atom stereocenters. The normalized spacial score (nSPS) is 11.0. The average molecular weight is 374 g/mol. The fourth-order valence-corrected chi connectivity index (χ4v) is 2.32. The maximum absolute atomic E-state index is 5.65. The predicted octanol–water partition coefficient (Wildman–Crippen LogP) is 2.31. The van der Waals surface area contributed by atoms with Crippen molar-refractivity contribution >= 4 is 11.6 Å². The highest BCUT2D eigenvalue weighted by Gasteiger charge is 2.08. The Hall–Kier alpha value is -3.00. The van der Waals surface area contributed by atoms with Crippen LogP contribution in [0.1, 0.15) is 5.56 Å². The number of rotatable bonds is 9. The van der Waals surface area contributed by atoms with Crippen LogP contribution in [0, 0.1) is 0 Å². The van der Waals surface area contributed by atoms with Crippen molar-refractivity contribution in [2.24, 2.45) is 4.99 Å². The molecule has 0 aliphatic heterocycles. The number of hydrogen-bond acceptors (Lipinski definition) is 6. The van der Waals surface area contributed by atoms with Crippen LogP contribution in [0.3, 0.4) is 0 Å². The molecule has 0 bridgehead atoms. The molecule has 0 aliphatic carbocycles. The fourth-order valence-electron chi connectivity index (χ4n) is 2.32. The summed E-state index contributed by atoms with van der Waals surface area (Å²) in [7, 11) is 6.54. The van der Waals surface area contributed by atoms with E-state index in [1.807, 2.05) is 30.3 Å². The van der Waals surface area contributed by atoms with Crippen molar-refractivity contribution in [1.29, 1.82) is 0 Å². The van der Waals surface area contributed by atoms with Crippen LogP contribution in [0.4, 0.5) is 5.69 Å². The summed E-state index contributed by atoms with van der Waals surface area (Å²) < 4.78 is 21.2. The van der Waals surface area contributed by atoms with Gasteiger partial charge < -0.3 is 29.6 Å². The Bertz CT molecular complexity index is 752. The number of aliphatic imine (C=N–C) groups is 1. The summed E-state index contributed by atoms with van der Waals surface area (Å²) in [5, 5.41) is 6.47. The predicted molar refractivity (Wildman–Crippen MR) is 105 cm³/mol. The molecule has 146 valence electrons. The van der Waals surface area contributed by atoms with Gasteiger partial charge in [-0.05, 0) is 18.2 Å². The summed E-state index contributed by atoms with van der Waals surface area (Å²) in [6, 6.07) is 9.38. The van der Waals surface area contributed by atoms with E-state index in [-0.39, 0.29) is 0 Å². The van der Waals surface area contributed by atoms with Gasteiger partial charge in [-0.15, -0.1) is 0 Å². The number of nitrogens with zero attached hydrogens (tertiary/aromatic N) is 2. The van der Waals surface area contributed by atoms with E-state index < -0.39 is 0 Å². The molecule has 0 saturated carbocycles. The topological polar surface area (TPSA) is 86.2 Å². The van der Waals surface area contributed by atoms with Gasteiger partial charge in [0.2, 0.25) is 5.88 Å².